The molecule has 0 aliphatic carbocycles. The zero-order valence-electron chi connectivity index (χ0n) is 10.6. The van der Waals surface area contributed by atoms with Gasteiger partial charge in [0.2, 0.25) is 0 Å². The molecule has 8 N–H and O–H groups in total. The Morgan fingerprint density at radius 3 is 1.44 bits per heavy atom. The molecule has 0 aromatic heterocycles. The molecule has 108 valence electrons. The molecule has 0 saturated carbocycles. The van der Waals surface area contributed by atoms with Gasteiger partial charge in [-0.3, -0.25) is 9.59 Å². The Kier molecular flexibility index (Phi) is 28.4. The minimum Gasteiger partial charge on any atom is -0.481 e. The summed E-state index contributed by atoms with van der Waals surface area (Å²) in [5, 5.41) is 37.4. The number of aliphatic carboxylic acids is 3. The first-order valence-electron chi connectivity index (χ1n) is 4.36. The van der Waals surface area contributed by atoms with E-state index in [0.29, 0.717) is 0 Å². The predicted octanol–water partition coefficient (Wildman–Crippen LogP) is -1.82. The van der Waals surface area contributed by atoms with Gasteiger partial charge in [-0.25, -0.2) is 4.79 Å². The van der Waals surface area contributed by atoms with Gasteiger partial charge < -0.3 is 31.0 Å². The van der Waals surface area contributed by atoms with Crippen LogP contribution in [0, 0.1) is 0 Å². The smallest absolute Gasteiger partial charge is 0.481 e. The first-order chi connectivity index (χ1) is 7.81. The summed E-state index contributed by atoms with van der Waals surface area (Å²) in [6.07, 6.45) is 0.639. The van der Waals surface area contributed by atoms with E-state index in [1.165, 1.54) is 0 Å². The molecule has 0 rings (SSSR count). The maximum atomic E-state index is 9.48. The molecule has 0 spiro atoms. The molecule has 0 unspecified atom stereocenters. The van der Waals surface area contributed by atoms with E-state index in [2.05, 4.69) is 6.58 Å². The lowest BCUT2D eigenvalue weighted by atomic mass is 10.5. The molecule has 18 heavy (non-hydrogen) atoms. The topological polar surface area (TPSA) is 187 Å². The van der Waals surface area contributed by atoms with Crippen molar-refractivity contribution in [2.24, 2.45) is 0 Å². The summed E-state index contributed by atoms with van der Waals surface area (Å²) in [5.74, 6) is -2.84. The van der Waals surface area contributed by atoms with Crippen molar-refractivity contribution in [1.29, 1.82) is 0 Å². The minimum absolute atomic E-state index is 0. The monoisotopic (exact) mass is 272 g/mol. The zero-order chi connectivity index (χ0) is 14.3. The second-order valence-corrected chi connectivity index (χ2v) is 2.30. The van der Waals surface area contributed by atoms with Crippen molar-refractivity contribution in [3.63, 3.8) is 0 Å². The molecule has 0 saturated heterocycles. The van der Waals surface area contributed by atoms with Gasteiger partial charge in [0.1, 0.15) is 6.42 Å². The Morgan fingerprint density at radius 1 is 1.11 bits per heavy atom. The lowest BCUT2D eigenvalue weighted by Gasteiger charge is -1.79. The highest BCUT2D eigenvalue weighted by atomic mass is 16.4. The molecule has 0 fully saturated rings. The SMILES string of the molecule is C=CC(=O)O.O.O=C(O)CCO.O=C(O)CC[OH2+].[H+]. The number of aliphatic hydroxyl groups excluding tert-OH is 1. The van der Waals surface area contributed by atoms with Gasteiger partial charge >= 0.3 is 19.3 Å². The quantitative estimate of drug-likeness (QED) is 0.335. The van der Waals surface area contributed by atoms with Crippen LogP contribution >= 0.6 is 0 Å². The van der Waals surface area contributed by atoms with Gasteiger partial charge in [-0.15, -0.1) is 0 Å². The third-order valence-electron chi connectivity index (χ3n) is 0.839. The van der Waals surface area contributed by atoms with E-state index in [1.54, 1.807) is 0 Å². The van der Waals surface area contributed by atoms with Crippen molar-refractivity contribution in [3.8, 4) is 0 Å². The number of hydrogen-bond acceptors (Lipinski definition) is 4. The molecule has 9 nitrogen and oxygen atoms in total. The van der Waals surface area contributed by atoms with Gasteiger partial charge in [-0.2, -0.15) is 0 Å². The Hall–Kier alpha value is -1.97. The van der Waals surface area contributed by atoms with Crippen molar-refractivity contribution < 1.29 is 46.8 Å². The molecule has 0 aromatic rings. The summed E-state index contributed by atoms with van der Waals surface area (Å²) >= 11 is 0. The van der Waals surface area contributed by atoms with Crippen molar-refractivity contribution in [2.75, 3.05) is 13.2 Å². The Balaban J connectivity index is -0.0000000492. The number of carbonyl (C=O) groups is 3. The van der Waals surface area contributed by atoms with Gasteiger partial charge in [0, 0.05) is 6.08 Å². The van der Waals surface area contributed by atoms with Gasteiger partial charge in [0.15, 0.2) is 6.61 Å². The largest absolute Gasteiger partial charge is 1.00 e. The summed E-state index contributed by atoms with van der Waals surface area (Å²) in [7, 11) is 0. The first-order valence-corrected chi connectivity index (χ1v) is 4.36. The number of aliphatic hydroxyl groups is 1. The molecule has 0 heterocycles. The minimum atomic E-state index is -0.981. The van der Waals surface area contributed by atoms with Crippen LogP contribution in [0.5, 0.6) is 0 Å². The third kappa shape index (κ3) is 65.5. The molecule has 0 radical (unpaired) electrons. The molecule has 0 amide bonds. The number of carboxylic acids is 3. The number of carboxylic acid groups (broad SMARTS) is 3. The van der Waals surface area contributed by atoms with E-state index in [4.69, 9.17) is 25.5 Å². The molecule has 9 heteroatoms. The average Bonchev–Trinajstić information content (AvgIpc) is 2.19. The van der Waals surface area contributed by atoms with Crippen LogP contribution in [0.1, 0.15) is 14.3 Å². The summed E-state index contributed by atoms with van der Waals surface area (Å²) < 4.78 is 0. The van der Waals surface area contributed by atoms with Crippen LogP contribution in [0.25, 0.3) is 0 Å². The standard InChI is InChI=1S/2C3H6O3.C3H4O2.H2O/c2*4-2-1-3(5)6;1-2-3(4)5;/h2*4H,1-2H2,(H,5,6);2H,1H2,(H,4,5);1H2/p+2. The van der Waals surface area contributed by atoms with Crippen LogP contribution in [0.2, 0.25) is 0 Å². The Morgan fingerprint density at radius 2 is 1.44 bits per heavy atom. The highest BCUT2D eigenvalue weighted by Gasteiger charge is 1.92. The van der Waals surface area contributed by atoms with Crippen LogP contribution in [-0.2, 0) is 14.4 Å². The Bertz CT molecular complexity index is 226. The Labute approximate surface area is 104 Å². The van der Waals surface area contributed by atoms with Crippen molar-refractivity contribution in [2.45, 2.75) is 12.8 Å². The lowest BCUT2D eigenvalue weighted by Crippen LogP contribution is -1.96. The van der Waals surface area contributed by atoms with Crippen LogP contribution in [0.3, 0.4) is 0 Å². The summed E-state index contributed by atoms with van der Waals surface area (Å²) in [5.41, 5.74) is 0. The van der Waals surface area contributed by atoms with Gasteiger partial charge in [-0.1, -0.05) is 6.58 Å². The molecule has 0 aromatic carbocycles. The normalized spacial score (nSPS) is 7.22. The fourth-order valence-corrected chi connectivity index (χ4v) is 0.203. The average molecular weight is 272 g/mol. The molecule has 0 aliphatic rings. The highest BCUT2D eigenvalue weighted by molar-refractivity contribution is 5.78. The number of hydrogen-bond donors (Lipinski definition) is 4. The zero-order valence-corrected chi connectivity index (χ0v) is 9.63. The summed E-state index contributed by atoms with van der Waals surface area (Å²) in [6, 6.07) is 0. The fourth-order valence-electron chi connectivity index (χ4n) is 0.203. The van der Waals surface area contributed by atoms with E-state index in [1.807, 2.05) is 0 Å². The van der Waals surface area contributed by atoms with Gasteiger partial charge in [0.25, 0.3) is 0 Å². The van der Waals surface area contributed by atoms with E-state index in [9.17, 15) is 14.4 Å². The molecule has 0 bridgehead atoms. The maximum Gasteiger partial charge on any atom is 1.00 e. The predicted molar refractivity (Wildman–Crippen MR) is 62.6 cm³/mol. The van der Waals surface area contributed by atoms with Crippen molar-refractivity contribution in [1.82, 2.24) is 0 Å². The maximum absolute atomic E-state index is 9.48. The number of rotatable bonds is 5. The third-order valence-corrected chi connectivity index (χ3v) is 0.839. The summed E-state index contributed by atoms with van der Waals surface area (Å²) in [4.78, 5) is 28.2. The molecule has 0 atom stereocenters. The van der Waals surface area contributed by atoms with E-state index in [0.717, 1.165) is 6.08 Å². The van der Waals surface area contributed by atoms with Crippen LogP contribution in [-0.4, -0.2) is 62.1 Å². The van der Waals surface area contributed by atoms with Crippen molar-refractivity contribution >= 4 is 17.9 Å². The second-order valence-electron chi connectivity index (χ2n) is 2.30. The van der Waals surface area contributed by atoms with Crippen LogP contribution in [0.4, 0.5) is 0 Å². The molecular formula is C9H20O9+2. The molecule has 0 aliphatic heterocycles. The summed E-state index contributed by atoms with van der Waals surface area (Å²) in [6.45, 7) is 2.67. The fraction of sp³-hybridized carbons (Fsp3) is 0.444. The second kappa shape index (κ2) is 20.4. The van der Waals surface area contributed by atoms with E-state index >= 15 is 0 Å². The van der Waals surface area contributed by atoms with E-state index in [-0.39, 0.29) is 33.0 Å². The lowest BCUT2D eigenvalue weighted by molar-refractivity contribution is -0.138. The van der Waals surface area contributed by atoms with Gasteiger partial charge in [0.05, 0.1) is 13.0 Å². The van der Waals surface area contributed by atoms with Crippen molar-refractivity contribution in [3.05, 3.63) is 12.7 Å². The first kappa shape index (κ1) is 25.0. The molecular weight excluding hydrogens is 252 g/mol. The van der Waals surface area contributed by atoms with Crippen LogP contribution in [0.15, 0.2) is 12.7 Å². The van der Waals surface area contributed by atoms with Gasteiger partial charge in [-0.05, 0) is 0 Å². The van der Waals surface area contributed by atoms with E-state index < -0.39 is 17.9 Å². The van der Waals surface area contributed by atoms with Crippen LogP contribution < -0.4 is 0 Å². The highest BCUT2D eigenvalue weighted by Crippen LogP contribution is 1.70.